The van der Waals surface area contributed by atoms with Gasteiger partial charge in [0.25, 0.3) is 11.8 Å². The Balaban J connectivity index is 1.75. The minimum atomic E-state index is -1.03. The van der Waals surface area contributed by atoms with Crippen molar-refractivity contribution in [1.29, 1.82) is 0 Å². The minimum Gasteiger partial charge on any atom is -0.497 e. The third kappa shape index (κ3) is 5.17. The van der Waals surface area contributed by atoms with E-state index in [1.807, 2.05) is 0 Å². The van der Waals surface area contributed by atoms with E-state index in [-0.39, 0.29) is 24.8 Å². The van der Waals surface area contributed by atoms with Crippen LogP contribution in [0.5, 0.6) is 17.2 Å². The molecule has 1 heterocycles. The van der Waals surface area contributed by atoms with Gasteiger partial charge < -0.3 is 24.4 Å². The molecule has 0 fully saturated rings. The zero-order chi connectivity index (χ0) is 24.9. The van der Waals surface area contributed by atoms with Crippen molar-refractivity contribution in [2.45, 2.75) is 12.6 Å². The summed E-state index contributed by atoms with van der Waals surface area (Å²) in [6, 6.07) is 15.9. The van der Waals surface area contributed by atoms with E-state index in [9.17, 15) is 9.59 Å². The summed E-state index contributed by atoms with van der Waals surface area (Å²) in [4.78, 5) is 28.3. The smallest absolute Gasteiger partial charge is 0.261 e. The highest BCUT2D eigenvalue weighted by Crippen LogP contribution is 2.39. The van der Waals surface area contributed by atoms with Crippen LogP contribution in [0.3, 0.4) is 0 Å². The number of nitrogens with two attached hydrogens (primary N) is 1. The van der Waals surface area contributed by atoms with Crippen LogP contribution in [0.25, 0.3) is 0 Å². The number of rotatable bonds is 7. The molecular weight excluding hydrogens is 474 g/mol. The predicted molar refractivity (Wildman–Crippen MR) is 128 cm³/mol. The number of benzene rings is 3. The summed E-state index contributed by atoms with van der Waals surface area (Å²) in [5.74, 6) is 0.577. The molecule has 1 atom stereocenters. The normalized spacial score (nSPS) is 15.0. The summed E-state index contributed by atoms with van der Waals surface area (Å²) in [5.41, 5.74) is 3.21. The Morgan fingerprint density at radius 2 is 1.94 bits per heavy atom. The van der Waals surface area contributed by atoms with Crippen LogP contribution in [-0.2, 0) is 16.1 Å². The first-order valence-corrected chi connectivity index (χ1v) is 11.1. The van der Waals surface area contributed by atoms with Crippen molar-refractivity contribution in [2.24, 2.45) is 0 Å². The first kappa shape index (κ1) is 24.3. The number of amides is 2. The van der Waals surface area contributed by atoms with Crippen molar-refractivity contribution >= 4 is 34.8 Å². The average Bonchev–Trinajstić information content (AvgIpc) is 3.01. The van der Waals surface area contributed by atoms with E-state index < -0.39 is 11.9 Å². The van der Waals surface area contributed by atoms with Crippen LogP contribution < -0.4 is 25.0 Å². The molecule has 0 saturated heterocycles. The van der Waals surface area contributed by atoms with Crippen molar-refractivity contribution in [2.75, 3.05) is 26.1 Å². The Morgan fingerprint density at radius 1 is 1.17 bits per heavy atom. The van der Waals surface area contributed by atoms with Gasteiger partial charge >= 0.3 is 0 Å². The SMILES string of the molecule is COc1ccc(CN2C(=O)COc3c(Cl)cccc3C2C(=O)Nc2ccc([NH2+]O)cc2)c(OC)c1. The van der Waals surface area contributed by atoms with E-state index in [0.717, 1.165) is 5.48 Å². The quantitative estimate of drug-likeness (QED) is 0.341. The molecule has 0 radical (unpaired) electrons. The summed E-state index contributed by atoms with van der Waals surface area (Å²) in [6.07, 6.45) is 0. The molecule has 4 N–H and O–H groups in total. The maximum Gasteiger partial charge on any atom is 0.261 e. The maximum absolute atomic E-state index is 13.6. The molecule has 2 amide bonds. The summed E-state index contributed by atoms with van der Waals surface area (Å²) < 4.78 is 16.5. The zero-order valence-electron chi connectivity index (χ0n) is 19.2. The first-order valence-electron chi connectivity index (χ1n) is 10.7. The largest absolute Gasteiger partial charge is 0.497 e. The Hall–Kier alpha value is -3.79. The number of hydrogen-bond donors (Lipinski definition) is 3. The number of nitrogens with zero attached hydrogens (tertiary/aromatic N) is 1. The molecule has 0 bridgehead atoms. The van der Waals surface area contributed by atoms with Crippen molar-refractivity contribution in [3.8, 4) is 17.2 Å². The Kier molecular flexibility index (Phi) is 7.40. The number of ether oxygens (including phenoxy) is 3. The fourth-order valence-electron chi connectivity index (χ4n) is 3.91. The molecule has 9 nitrogen and oxygen atoms in total. The number of carbonyl (C=O) groups excluding carboxylic acids is 2. The van der Waals surface area contributed by atoms with Gasteiger partial charge in [-0.2, -0.15) is 5.48 Å². The topological polar surface area (TPSA) is 114 Å². The van der Waals surface area contributed by atoms with Gasteiger partial charge in [0, 0.05) is 35.0 Å². The molecule has 3 aromatic rings. The second-order valence-corrected chi connectivity index (χ2v) is 8.20. The van der Waals surface area contributed by atoms with E-state index in [4.69, 9.17) is 31.0 Å². The van der Waals surface area contributed by atoms with Gasteiger partial charge in [-0.05, 0) is 30.3 Å². The first-order chi connectivity index (χ1) is 16.9. The average molecular weight is 499 g/mol. The fraction of sp³-hybridized carbons (Fsp3) is 0.200. The number of hydrogen-bond acceptors (Lipinski definition) is 6. The molecule has 0 spiro atoms. The summed E-state index contributed by atoms with van der Waals surface area (Å²) >= 11 is 6.37. The monoisotopic (exact) mass is 498 g/mol. The Labute approximate surface area is 207 Å². The lowest BCUT2D eigenvalue weighted by atomic mass is 10.0. The lowest BCUT2D eigenvalue weighted by Gasteiger charge is -2.30. The zero-order valence-corrected chi connectivity index (χ0v) is 19.9. The van der Waals surface area contributed by atoms with Crippen LogP contribution in [-0.4, -0.2) is 42.7 Å². The lowest BCUT2D eigenvalue weighted by molar-refractivity contribution is -0.825. The van der Waals surface area contributed by atoms with Gasteiger partial charge in [0.1, 0.15) is 23.3 Å². The lowest BCUT2D eigenvalue weighted by Crippen LogP contribution is -2.73. The molecule has 10 heteroatoms. The van der Waals surface area contributed by atoms with Gasteiger partial charge in [-0.1, -0.05) is 23.7 Å². The molecule has 4 rings (SSSR count). The molecule has 0 saturated carbocycles. The number of fused-ring (bicyclic) bond motifs is 1. The highest BCUT2D eigenvalue weighted by Gasteiger charge is 2.37. The van der Waals surface area contributed by atoms with Crippen molar-refractivity contribution in [1.82, 2.24) is 4.90 Å². The molecule has 1 aliphatic rings. The van der Waals surface area contributed by atoms with E-state index in [1.165, 1.54) is 12.0 Å². The molecule has 0 aliphatic carbocycles. The molecule has 3 aromatic carbocycles. The second kappa shape index (κ2) is 10.6. The minimum absolute atomic E-state index is 0.0812. The van der Waals surface area contributed by atoms with E-state index in [2.05, 4.69) is 5.32 Å². The van der Waals surface area contributed by atoms with Crippen molar-refractivity contribution in [3.05, 3.63) is 76.8 Å². The molecule has 1 aliphatic heterocycles. The van der Waals surface area contributed by atoms with Gasteiger partial charge in [-0.25, -0.2) is 5.21 Å². The summed E-state index contributed by atoms with van der Waals surface area (Å²) in [7, 11) is 3.08. The van der Waals surface area contributed by atoms with Gasteiger partial charge in [-0.3, -0.25) is 9.59 Å². The molecule has 35 heavy (non-hydrogen) atoms. The number of para-hydroxylation sites is 1. The molecule has 0 aromatic heterocycles. The number of quaternary nitrogens is 1. The summed E-state index contributed by atoms with van der Waals surface area (Å²) in [5, 5.41) is 12.3. The maximum atomic E-state index is 13.6. The fourth-order valence-corrected chi connectivity index (χ4v) is 4.15. The van der Waals surface area contributed by atoms with E-state index in [0.29, 0.717) is 39.0 Å². The number of anilines is 1. The van der Waals surface area contributed by atoms with Gasteiger partial charge in [0.05, 0.1) is 25.8 Å². The van der Waals surface area contributed by atoms with Crippen LogP contribution in [0.2, 0.25) is 5.02 Å². The third-order valence-electron chi connectivity index (χ3n) is 5.67. The van der Waals surface area contributed by atoms with Gasteiger partial charge in [-0.15, -0.1) is 0 Å². The van der Waals surface area contributed by atoms with Gasteiger partial charge in [0.15, 0.2) is 12.3 Å². The Morgan fingerprint density at radius 3 is 2.63 bits per heavy atom. The predicted octanol–water partition coefficient (Wildman–Crippen LogP) is 3.04. The van der Waals surface area contributed by atoms with Crippen LogP contribution in [0.15, 0.2) is 60.7 Å². The summed E-state index contributed by atoms with van der Waals surface area (Å²) in [6.45, 7) is -0.197. The van der Waals surface area contributed by atoms with Crippen LogP contribution in [0.4, 0.5) is 11.4 Å². The number of nitrogens with one attached hydrogen (secondary N) is 1. The second-order valence-electron chi connectivity index (χ2n) is 7.79. The highest BCUT2D eigenvalue weighted by molar-refractivity contribution is 6.32. The number of methoxy groups -OCH3 is 2. The van der Waals surface area contributed by atoms with Crippen molar-refractivity contribution in [3.63, 3.8) is 0 Å². The number of halogens is 1. The van der Waals surface area contributed by atoms with E-state index >= 15 is 0 Å². The van der Waals surface area contributed by atoms with Gasteiger partial charge in [0.2, 0.25) is 0 Å². The van der Waals surface area contributed by atoms with Crippen molar-refractivity contribution < 1.29 is 34.5 Å². The Bertz CT molecular complexity index is 1230. The molecule has 1 unspecified atom stereocenters. The van der Waals surface area contributed by atoms with Crippen LogP contribution >= 0.6 is 11.6 Å². The standard InChI is InChI=1S/C25H24ClN3O6/c1-33-18-11-6-15(21(12-18)34-2)13-29-22(30)14-35-24-19(4-3-5-20(24)26)23(29)25(31)27-16-7-9-17(28-32)10-8-16/h3-12,23,28,32H,13-14H2,1-2H3,(H,27,31)/p+1. The number of carbonyl (C=O) groups is 2. The van der Waals surface area contributed by atoms with E-state index in [1.54, 1.807) is 67.8 Å². The van der Waals surface area contributed by atoms with Crippen LogP contribution in [0, 0.1) is 0 Å². The highest BCUT2D eigenvalue weighted by atomic mass is 35.5. The molecule has 182 valence electrons. The van der Waals surface area contributed by atoms with Crippen LogP contribution in [0.1, 0.15) is 17.2 Å². The third-order valence-corrected chi connectivity index (χ3v) is 5.97. The molecular formula is C25H25ClN3O6+.